The number of hydrogen-bond acceptors (Lipinski definition) is 13. The molecule has 7 rings (SSSR count). The topological polar surface area (TPSA) is 180 Å². The number of aromatic nitrogens is 6. The Labute approximate surface area is 362 Å². The number of carbonyl (C=O) groups excluding carboxylic acids is 1. The van der Waals surface area contributed by atoms with Crippen LogP contribution in [0.15, 0.2) is 90.5 Å². The number of carbonyl (C=O) groups is 2. The van der Waals surface area contributed by atoms with Crippen LogP contribution in [0.5, 0.6) is 5.75 Å². The first-order valence-electron chi connectivity index (χ1n) is 20.2. The molecule has 17 nitrogen and oxygen atoms in total. The van der Waals surface area contributed by atoms with Crippen molar-refractivity contribution in [1.82, 2.24) is 34.4 Å². The minimum absolute atomic E-state index is 0. The number of rotatable bonds is 18. The summed E-state index contributed by atoms with van der Waals surface area (Å²) in [6, 6.07) is 18.7. The van der Waals surface area contributed by atoms with E-state index in [1.54, 1.807) is 17.9 Å². The number of nitrogens with zero attached hydrogens (tertiary/aromatic N) is 8. The molecule has 0 amide bonds. The number of benzene rings is 3. The third-order valence-electron chi connectivity index (χ3n) is 11.0. The van der Waals surface area contributed by atoms with Gasteiger partial charge in [0.1, 0.15) is 54.7 Å². The molecule has 0 bridgehead atoms. The second-order valence-electron chi connectivity index (χ2n) is 15.1. The van der Waals surface area contributed by atoms with Crippen molar-refractivity contribution in [2.75, 3.05) is 68.9 Å². The van der Waals surface area contributed by atoms with Crippen molar-refractivity contribution in [2.45, 2.75) is 51.0 Å². The fourth-order valence-corrected chi connectivity index (χ4v) is 7.89. The number of carboxylic acid groups (broad SMARTS) is 1. The van der Waals surface area contributed by atoms with Crippen molar-refractivity contribution in [2.24, 2.45) is 5.92 Å². The molecule has 332 valence electrons. The summed E-state index contributed by atoms with van der Waals surface area (Å²) in [5.41, 5.74) is 1.61. The third-order valence-corrected chi connectivity index (χ3v) is 11.0. The van der Waals surface area contributed by atoms with Crippen molar-refractivity contribution in [3.05, 3.63) is 113 Å². The molecule has 0 spiro atoms. The van der Waals surface area contributed by atoms with Gasteiger partial charge in [-0.1, -0.05) is 13.0 Å². The Balaban J connectivity index is 0.00000641. The van der Waals surface area contributed by atoms with Crippen molar-refractivity contribution in [1.29, 1.82) is 0 Å². The van der Waals surface area contributed by atoms with Crippen LogP contribution < -0.4 is 25.5 Å². The number of piperazine rings is 1. The first-order valence-corrected chi connectivity index (χ1v) is 20.2. The maximum Gasteiger partial charge on any atom is 0.508 e. The molecular formula is C42H50ClF2N9O8. The number of ether oxygens (including phenoxy) is 4. The molecule has 2 N–H and O–H groups in total. The molecule has 5 aromatic rings. The predicted molar refractivity (Wildman–Crippen MR) is 225 cm³/mol. The van der Waals surface area contributed by atoms with E-state index in [-0.39, 0.29) is 55.8 Å². The first-order chi connectivity index (χ1) is 29.5. The summed E-state index contributed by atoms with van der Waals surface area (Å²) in [4.78, 5) is 44.9. The highest BCUT2D eigenvalue weighted by Crippen LogP contribution is 2.42. The maximum absolute atomic E-state index is 15.0. The molecule has 2 aromatic heterocycles. The van der Waals surface area contributed by atoms with Gasteiger partial charge in [0.05, 0.1) is 38.0 Å². The van der Waals surface area contributed by atoms with Gasteiger partial charge < -0.3 is 39.2 Å². The zero-order valence-electron chi connectivity index (χ0n) is 34.3. The molecule has 0 saturated carbocycles. The van der Waals surface area contributed by atoms with Crippen LogP contribution in [0.1, 0.15) is 38.3 Å². The van der Waals surface area contributed by atoms with Crippen molar-refractivity contribution >= 4 is 35.9 Å². The molecule has 4 heterocycles. The van der Waals surface area contributed by atoms with Gasteiger partial charge >= 0.3 is 17.8 Å². The quantitative estimate of drug-likeness (QED) is 0.0903. The smallest absolute Gasteiger partial charge is 0.493 e. The minimum atomic E-state index is -1.04. The van der Waals surface area contributed by atoms with Crippen LogP contribution in [0.3, 0.4) is 0 Å². The van der Waals surface area contributed by atoms with E-state index in [1.165, 1.54) is 34.0 Å². The lowest BCUT2D eigenvalue weighted by Gasteiger charge is -2.37. The van der Waals surface area contributed by atoms with E-state index in [4.69, 9.17) is 24.1 Å². The average Bonchev–Trinajstić information content (AvgIpc) is 4.02. The molecule has 3 aromatic carbocycles. The van der Waals surface area contributed by atoms with Gasteiger partial charge in [-0.15, -0.1) is 12.4 Å². The van der Waals surface area contributed by atoms with E-state index in [1.807, 2.05) is 55.5 Å². The summed E-state index contributed by atoms with van der Waals surface area (Å²) in [5, 5.41) is 19.8. The van der Waals surface area contributed by atoms with Crippen LogP contribution in [0, 0.1) is 17.6 Å². The van der Waals surface area contributed by atoms with Crippen LogP contribution in [0.25, 0.3) is 5.69 Å². The average molecular weight is 882 g/mol. The second kappa shape index (κ2) is 20.7. The van der Waals surface area contributed by atoms with Crippen LogP contribution in [-0.2, 0) is 31.2 Å². The van der Waals surface area contributed by atoms with Gasteiger partial charge in [-0.05, 0) is 74.4 Å². The fourth-order valence-electron chi connectivity index (χ4n) is 7.89. The van der Waals surface area contributed by atoms with Gasteiger partial charge in [-0.3, -0.25) is 4.79 Å². The van der Waals surface area contributed by atoms with E-state index < -0.39 is 41.5 Å². The van der Waals surface area contributed by atoms with E-state index in [2.05, 4.69) is 30.3 Å². The maximum atomic E-state index is 15.0. The Kier molecular flexibility index (Phi) is 15.2. The lowest BCUT2D eigenvalue weighted by atomic mass is 9.87. The van der Waals surface area contributed by atoms with Crippen molar-refractivity contribution in [3.8, 4) is 11.4 Å². The second-order valence-corrected chi connectivity index (χ2v) is 15.1. The monoisotopic (exact) mass is 881 g/mol. The van der Waals surface area contributed by atoms with E-state index in [9.17, 15) is 18.8 Å². The number of nitrogens with one attached hydrogen (secondary N) is 1. The lowest BCUT2D eigenvalue weighted by Crippen LogP contribution is -2.46. The van der Waals surface area contributed by atoms with Crippen LogP contribution in [0.4, 0.5) is 25.0 Å². The summed E-state index contributed by atoms with van der Waals surface area (Å²) >= 11 is 0. The highest BCUT2D eigenvalue weighted by atomic mass is 35.5. The Hall–Kier alpha value is -6.05. The third kappa shape index (κ3) is 10.9. The number of aliphatic carboxylic acids is 1. The van der Waals surface area contributed by atoms with Gasteiger partial charge in [0.2, 0.25) is 0 Å². The highest BCUT2D eigenvalue weighted by Gasteiger charge is 2.44. The van der Waals surface area contributed by atoms with Gasteiger partial charge in [0.25, 0.3) is 0 Å². The van der Waals surface area contributed by atoms with Crippen LogP contribution >= 0.6 is 12.4 Å². The summed E-state index contributed by atoms with van der Waals surface area (Å²) < 4.78 is 56.0. The normalized spacial score (nSPS) is 18.5. The summed E-state index contributed by atoms with van der Waals surface area (Å²) in [5.74, 6) is -1.66. The number of anilines is 2. The molecule has 62 heavy (non-hydrogen) atoms. The van der Waals surface area contributed by atoms with Gasteiger partial charge in [0.15, 0.2) is 0 Å². The van der Waals surface area contributed by atoms with E-state index >= 15 is 4.39 Å². The molecule has 0 aliphatic carbocycles. The predicted octanol–water partition coefficient (Wildman–Crippen LogP) is 4.83. The van der Waals surface area contributed by atoms with E-state index in [0.717, 1.165) is 43.6 Å². The summed E-state index contributed by atoms with van der Waals surface area (Å²) in [6.07, 6.45) is 3.68. The lowest BCUT2D eigenvalue weighted by molar-refractivity contribution is -0.135. The Morgan fingerprint density at radius 1 is 0.968 bits per heavy atom. The largest absolute Gasteiger partial charge is 0.508 e. The first kappa shape index (κ1) is 45.5. The molecule has 2 aliphatic rings. The van der Waals surface area contributed by atoms with Crippen LogP contribution in [-0.4, -0.2) is 112 Å². The molecule has 2 saturated heterocycles. The fraction of sp³-hybridized carbons (Fsp3) is 0.429. The number of hydrogen-bond donors (Lipinski definition) is 2. The molecule has 20 heteroatoms. The number of carboxylic acids is 1. The van der Waals surface area contributed by atoms with Gasteiger partial charge in [-0.25, -0.2) is 37.3 Å². The standard InChI is InChI=1S/C42H49F2N9O8.ClH/c1-3-38(29(2)61-41(57)58-19-14-45-22-39(54)55)53-40(56)52(28-48-53)34-7-5-32(6-8-34)49-15-17-50(18-16-49)33-9-11-35(12-10-33)59-23-30-21-42(60-24-30,25-51-27-46-26-47-51)36-13-4-31(43)20-37(36)44;/h4-13,20,26-30,38,45H,3,14-19,21-25H2,1-2H3,(H,54,55);1H/t29-,30+,38-,42-;/m0./s1. The zero-order chi connectivity index (χ0) is 42.9. The van der Waals surface area contributed by atoms with Gasteiger partial charge in [-0.2, -0.15) is 10.2 Å². The molecular weight excluding hydrogens is 832 g/mol. The molecule has 2 aliphatic heterocycles. The summed E-state index contributed by atoms with van der Waals surface area (Å²) in [7, 11) is 0. The molecule has 0 radical (unpaired) electrons. The molecule has 2 fully saturated rings. The molecule has 4 atom stereocenters. The van der Waals surface area contributed by atoms with Crippen LogP contribution in [0.2, 0.25) is 0 Å². The zero-order valence-corrected chi connectivity index (χ0v) is 35.2. The Bertz CT molecular complexity index is 2290. The highest BCUT2D eigenvalue weighted by molar-refractivity contribution is 5.85. The van der Waals surface area contributed by atoms with Gasteiger partial charge in [0, 0.05) is 61.6 Å². The summed E-state index contributed by atoms with van der Waals surface area (Å²) in [6.45, 7) is 7.48. The van der Waals surface area contributed by atoms with Crippen molar-refractivity contribution in [3.63, 3.8) is 0 Å². The Morgan fingerprint density at radius 2 is 1.65 bits per heavy atom. The minimum Gasteiger partial charge on any atom is -0.493 e. The van der Waals surface area contributed by atoms with Crippen molar-refractivity contribution < 1.29 is 42.4 Å². The van der Waals surface area contributed by atoms with E-state index in [0.29, 0.717) is 37.5 Å². The number of halogens is 3. The SMILES string of the molecule is CC[C@@H]([C@H](C)OC(=O)OCCNCC(=O)O)n1ncn(-c2ccc(N3CCN(c4ccc(OC[C@@H]5CO[C@@](Cn6cncn6)(c6ccc(F)cc6F)C5)cc4)CC3)cc2)c1=O.Cl. The Morgan fingerprint density at radius 3 is 2.27 bits per heavy atom. The molecule has 0 unspecified atom stereocenters.